The maximum atomic E-state index is 3.56. The topological polar surface area (TPSA) is 12.0 Å². The van der Waals surface area contributed by atoms with Crippen molar-refractivity contribution in [3.8, 4) is 0 Å². The third-order valence-electron chi connectivity index (χ3n) is 3.66. The Balaban J connectivity index is 2.14. The lowest BCUT2D eigenvalue weighted by molar-refractivity contribution is 0.525. The second-order valence-electron chi connectivity index (χ2n) is 4.53. The highest BCUT2D eigenvalue weighted by molar-refractivity contribution is 5.41. The van der Waals surface area contributed by atoms with E-state index in [1.165, 1.54) is 32.2 Å². The van der Waals surface area contributed by atoms with Gasteiger partial charge in [-0.3, -0.25) is 0 Å². The molecule has 3 rings (SSSR count). The molecule has 1 heteroatoms. The second-order valence-corrected chi connectivity index (χ2v) is 4.53. The molecule has 0 aromatic heterocycles. The largest absolute Gasteiger partial charge is 0.316 e. The first-order chi connectivity index (χ1) is 6.95. The van der Waals surface area contributed by atoms with Gasteiger partial charge in [0.1, 0.15) is 0 Å². The van der Waals surface area contributed by atoms with Crippen molar-refractivity contribution in [2.75, 3.05) is 13.1 Å². The molecule has 1 heterocycles. The van der Waals surface area contributed by atoms with Gasteiger partial charge >= 0.3 is 0 Å². The third-order valence-corrected chi connectivity index (χ3v) is 3.66. The van der Waals surface area contributed by atoms with Crippen molar-refractivity contribution in [1.29, 1.82) is 0 Å². The van der Waals surface area contributed by atoms with Gasteiger partial charge in [-0.25, -0.2) is 0 Å². The monoisotopic (exact) mass is 187 g/mol. The van der Waals surface area contributed by atoms with Crippen LogP contribution < -0.4 is 5.32 Å². The van der Waals surface area contributed by atoms with Gasteiger partial charge in [0, 0.05) is 6.54 Å². The Morgan fingerprint density at radius 3 is 2.93 bits per heavy atom. The minimum Gasteiger partial charge on any atom is -0.316 e. The van der Waals surface area contributed by atoms with Crippen molar-refractivity contribution in [2.24, 2.45) is 0 Å². The molecule has 0 saturated carbocycles. The fourth-order valence-electron chi connectivity index (χ4n) is 3.01. The van der Waals surface area contributed by atoms with Gasteiger partial charge in [0.15, 0.2) is 0 Å². The van der Waals surface area contributed by atoms with Gasteiger partial charge in [-0.15, -0.1) is 0 Å². The van der Waals surface area contributed by atoms with Crippen LogP contribution >= 0.6 is 0 Å². The standard InChI is InChI=1S/C13H17N/c1-3-10-4-2-6-12-9-14-8-7-11(5-1)13(10)12/h1,3,5,12,14H,2,4,6-9H2. The van der Waals surface area contributed by atoms with Gasteiger partial charge in [-0.2, -0.15) is 0 Å². The van der Waals surface area contributed by atoms with E-state index in [0.717, 1.165) is 12.5 Å². The Labute approximate surface area is 85.5 Å². The van der Waals surface area contributed by atoms with Gasteiger partial charge in [0.05, 0.1) is 0 Å². The second kappa shape index (κ2) is 3.39. The number of benzene rings is 1. The van der Waals surface area contributed by atoms with E-state index in [2.05, 4.69) is 23.5 Å². The average molecular weight is 187 g/mol. The highest BCUT2D eigenvalue weighted by Gasteiger charge is 2.24. The van der Waals surface area contributed by atoms with Gasteiger partial charge in [-0.1, -0.05) is 18.2 Å². The van der Waals surface area contributed by atoms with Gasteiger partial charge in [-0.05, 0) is 54.8 Å². The van der Waals surface area contributed by atoms with Crippen molar-refractivity contribution in [1.82, 2.24) is 5.32 Å². The summed E-state index contributed by atoms with van der Waals surface area (Å²) >= 11 is 0. The van der Waals surface area contributed by atoms with Crippen molar-refractivity contribution >= 4 is 0 Å². The molecular weight excluding hydrogens is 170 g/mol. The minimum absolute atomic E-state index is 0.803. The lowest BCUT2D eigenvalue weighted by atomic mass is 9.80. The molecule has 0 bridgehead atoms. The quantitative estimate of drug-likeness (QED) is 0.657. The molecule has 1 nitrogen and oxygen atoms in total. The molecule has 1 aliphatic carbocycles. The van der Waals surface area contributed by atoms with Crippen LogP contribution in [0, 0.1) is 0 Å². The molecule has 0 spiro atoms. The molecule has 0 amide bonds. The molecule has 0 radical (unpaired) electrons. The summed E-state index contributed by atoms with van der Waals surface area (Å²) in [6, 6.07) is 6.89. The Morgan fingerprint density at radius 1 is 1.14 bits per heavy atom. The molecule has 1 atom stereocenters. The molecule has 2 aliphatic rings. The first-order valence-corrected chi connectivity index (χ1v) is 5.76. The summed E-state index contributed by atoms with van der Waals surface area (Å²) < 4.78 is 0. The van der Waals surface area contributed by atoms with Crippen LogP contribution in [-0.2, 0) is 12.8 Å². The zero-order valence-electron chi connectivity index (χ0n) is 8.55. The third kappa shape index (κ3) is 1.27. The van der Waals surface area contributed by atoms with Crippen molar-refractivity contribution in [3.63, 3.8) is 0 Å². The molecule has 74 valence electrons. The summed E-state index contributed by atoms with van der Waals surface area (Å²) in [5.41, 5.74) is 4.93. The molecule has 1 aromatic rings. The van der Waals surface area contributed by atoms with E-state index in [1.807, 2.05) is 0 Å². The van der Waals surface area contributed by atoms with Crippen molar-refractivity contribution in [2.45, 2.75) is 31.6 Å². The van der Waals surface area contributed by atoms with Crippen molar-refractivity contribution in [3.05, 3.63) is 34.9 Å². The lowest BCUT2D eigenvalue weighted by Crippen LogP contribution is -2.22. The maximum absolute atomic E-state index is 3.56. The van der Waals surface area contributed by atoms with Crippen LogP contribution in [0.2, 0.25) is 0 Å². The fraction of sp³-hybridized carbons (Fsp3) is 0.538. The van der Waals surface area contributed by atoms with Gasteiger partial charge < -0.3 is 5.32 Å². The molecule has 14 heavy (non-hydrogen) atoms. The molecule has 0 fully saturated rings. The number of hydrogen-bond donors (Lipinski definition) is 1. The van der Waals surface area contributed by atoms with Crippen LogP contribution in [0.15, 0.2) is 18.2 Å². The molecular formula is C13H17N. The molecule has 1 unspecified atom stereocenters. The number of aryl methyl sites for hydroxylation is 1. The number of rotatable bonds is 0. The Bertz CT molecular complexity index is 343. The SMILES string of the molecule is c1cc2c3c(c1)CCNCC3CCC2. The average Bonchev–Trinajstić information content (AvgIpc) is 2.44. The molecule has 1 aromatic carbocycles. The summed E-state index contributed by atoms with van der Waals surface area (Å²) in [7, 11) is 0. The number of nitrogens with one attached hydrogen (secondary N) is 1. The Hall–Kier alpha value is -0.820. The lowest BCUT2D eigenvalue weighted by Gasteiger charge is -2.25. The van der Waals surface area contributed by atoms with Crippen LogP contribution in [0.3, 0.4) is 0 Å². The van der Waals surface area contributed by atoms with E-state index in [0.29, 0.717) is 0 Å². The molecule has 1 N–H and O–H groups in total. The first-order valence-electron chi connectivity index (χ1n) is 5.76. The normalized spacial score (nSPS) is 25.3. The highest BCUT2D eigenvalue weighted by Crippen LogP contribution is 2.34. The van der Waals surface area contributed by atoms with E-state index >= 15 is 0 Å². The predicted molar refractivity (Wildman–Crippen MR) is 58.7 cm³/mol. The maximum Gasteiger partial charge on any atom is 0.00204 e. The molecule has 1 aliphatic heterocycles. The van der Waals surface area contributed by atoms with Crippen LogP contribution in [0.25, 0.3) is 0 Å². The Morgan fingerprint density at radius 2 is 2.00 bits per heavy atom. The Kier molecular flexibility index (Phi) is 2.06. The van der Waals surface area contributed by atoms with E-state index in [1.54, 1.807) is 16.7 Å². The zero-order chi connectivity index (χ0) is 9.38. The summed E-state index contributed by atoms with van der Waals surface area (Å²) in [6.45, 7) is 2.36. The smallest absolute Gasteiger partial charge is 0.00204 e. The van der Waals surface area contributed by atoms with Crippen LogP contribution in [0.5, 0.6) is 0 Å². The summed E-state index contributed by atoms with van der Waals surface area (Å²) in [5.74, 6) is 0.803. The van der Waals surface area contributed by atoms with E-state index in [4.69, 9.17) is 0 Å². The zero-order valence-corrected chi connectivity index (χ0v) is 8.55. The van der Waals surface area contributed by atoms with Gasteiger partial charge in [0.25, 0.3) is 0 Å². The number of hydrogen-bond acceptors (Lipinski definition) is 1. The van der Waals surface area contributed by atoms with Crippen LogP contribution in [-0.4, -0.2) is 13.1 Å². The van der Waals surface area contributed by atoms with Crippen molar-refractivity contribution < 1.29 is 0 Å². The molecule has 0 saturated heterocycles. The van der Waals surface area contributed by atoms with E-state index in [-0.39, 0.29) is 0 Å². The van der Waals surface area contributed by atoms with E-state index in [9.17, 15) is 0 Å². The summed E-state index contributed by atoms with van der Waals surface area (Å²) in [4.78, 5) is 0. The summed E-state index contributed by atoms with van der Waals surface area (Å²) in [5, 5.41) is 3.56. The highest BCUT2D eigenvalue weighted by atomic mass is 14.9. The van der Waals surface area contributed by atoms with Crippen LogP contribution in [0.4, 0.5) is 0 Å². The van der Waals surface area contributed by atoms with Gasteiger partial charge in [0.2, 0.25) is 0 Å². The first kappa shape index (κ1) is 8.49. The predicted octanol–water partition coefficient (Wildman–Crippen LogP) is 2.25. The summed E-state index contributed by atoms with van der Waals surface area (Å²) in [6.07, 6.45) is 5.29. The van der Waals surface area contributed by atoms with E-state index < -0.39 is 0 Å². The minimum atomic E-state index is 0.803. The fourth-order valence-corrected chi connectivity index (χ4v) is 3.01. The van der Waals surface area contributed by atoms with Crippen LogP contribution in [0.1, 0.15) is 35.4 Å².